The van der Waals surface area contributed by atoms with Crippen molar-refractivity contribution in [1.82, 2.24) is 4.98 Å². The number of fused-ring (bicyclic) bond motifs is 1. The summed E-state index contributed by atoms with van der Waals surface area (Å²) in [7, 11) is 0. The first-order valence-electron chi connectivity index (χ1n) is 3.58. The Morgan fingerprint density at radius 1 is 1.08 bits per heavy atom. The van der Waals surface area contributed by atoms with Gasteiger partial charge in [-0.2, -0.15) is 0 Å². The van der Waals surface area contributed by atoms with Gasteiger partial charge >= 0.3 is 0 Å². The molecule has 13 heavy (non-hydrogen) atoms. The van der Waals surface area contributed by atoms with Gasteiger partial charge in [0.15, 0.2) is 0 Å². The normalized spacial score (nSPS) is 10.7. The molecule has 0 saturated carbocycles. The first-order valence-corrected chi connectivity index (χ1v) is 6.25. The summed E-state index contributed by atoms with van der Waals surface area (Å²) in [6.07, 6.45) is 1.80. The first kappa shape index (κ1) is 9.86. The van der Waals surface area contributed by atoms with E-state index < -0.39 is 0 Å². The Kier molecular flexibility index (Phi) is 2.90. The molecule has 1 heterocycles. The lowest BCUT2D eigenvalue weighted by Gasteiger charge is -2.03. The summed E-state index contributed by atoms with van der Waals surface area (Å²) in [5.41, 5.74) is 1.00. The third kappa shape index (κ3) is 1.76. The Morgan fingerprint density at radius 3 is 2.54 bits per heavy atom. The van der Waals surface area contributed by atoms with Crippen LogP contribution in [-0.2, 0) is 0 Å². The number of hydrogen-bond donors (Lipinski definition) is 0. The van der Waals surface area contributed by atoms with Gasteiger partial charge in [0.25, 0.3) is 0 Å². The van der Waals surface area contributed by atoms with E-state index in [0.717, 1.165) is 19.8 Å². The molecule has 0 radical (unpaired) electrons. The molecule has 0 atom stereocenters. The highest BCUT2D eigenvalue weighted by Crippen LogP contribution is 2.31. The molecular formula is C9H4Br2IN. The van der Waals surface area contributed by atoms with Crippen LogP contribution < -0.4 is 0 Å². The molecule has 1 aromatic heterocycles. The molecule has 0 bridgehead atoms. The van der Waals surface area contributed by atoms with Gasteiger partial charge in [-0.3, -0.25) is 4.98 Å². The SMILES string of the molecule is Brc1ccc(I)c2c(Br)ccnc12. The highest BCUT2D eigenvalue weighted by atomic mass is 127. The highest BCUT2D eigenvalue weighted by Gasteiger charge is 2.06. The predicted octanol–water partition coefficient (Wildman–Crippen LogP) is 4.36. The van der Waals surface area contributed by atoms with Crippen molar-refractivity contribution >= 4 is 65.4 Å². The number of pyridine rings is 1. The molecule has 0 saturated heterocycles. The van der Waals surface area contributed by atoms with Gasteiger partial charge in [-0.25, -0.2) is 0 Å². The number of halogens is 3. The Labute approximate surface area is 106 Å². The standard InChI is InChI=1S/C9H4Br2IN/c10-5-3-4-13-9-6(11)1-2-7(12)8(5)9/h1-4H. The lowest BCUT2D eigenvalue weighted by atomic mass is 10.2. The molecule has 2 rings (SSSR count). The van der Waals surface area contributed by atoms with Gasteiger partial charge in [0.1, 0.15) is 0 Å². The van der Waals surface area contributed by atoms with E-state index in [9.17, 15) is 0 Å². The van der Waals surface area contributed by atoms with E-state index in [1.165, 1.54) is 3.57 Å². The summed E-state index contributed by atoms with van der Waals surface area (Å²) >= 11 is 9.30. The zero-order chi connectivity index (χ0) is 9.42. The monoisotopic (exact) mass is 411 g/mol. The molecule has 0 aliphatic heterocycles. The van der Waals surface area contributed by atoms with Crippen LogP contribution in [0, 0.1) is 3.57 Å². The minimum atomic E-state index is 1.00. The minimum Gasteiger partial charge on any atom is -0.255 e. The molecule has 2 aromatic rings. The molecule has 0 aliphatic rings. The largest absolute Gasteiger partial charge is 0.255 e. The zero-order valence-corrected chi connectivity index (χ0v) is 11.7. The van der Waals surface area contributed by atoms with Crippen LogP contribution in [0.1, 0.15) is 0 Å². The third-order valence-electron chi connectivity index (χ3n) is 1.74. The van der Waals surface area contributed by atoms with E-state index in [2.05, 4.69) is 65.5 Å². The summed E-state index contributed by atoms with van der Waals surface area (Å²) in [6, 6.07) is 6.04. The summed E-state index contributed by atoms with van der Waals surface area (Å²) in [5.74, 6) is 0. The number of benzene rings is 1. The van der Waals surface area contributed by atoms with Crippen LogP contribution in [0.2, 0.25) is 0 Å². The van der Waals surface area contributed by atoms with Gasteiger partial charge in [0.05, 0.1) is 5.52 Å². The Hall–Kier alpha value is 0.320. The predicted molar refractivity (Wildman–Crippen MR) is 69.9 cm³/mol. The lowest BCUT2D eigenvalue weighted by molar-refractivity contribution is 1.39. The molecule has 1 aromatic carbocycles. The van der Waals surface area contributed by atoms with Gasteiger partial charge in [0.2, 0.25) is 0 Å². The number of aromatic nitrogens is 1. The maximum atomic E-state index is 4.32. The van der Waals surface area contributed by atoms with Crippen molar-refractivity contribution in [3.63, 3.8) is 0 Å². The highest BCUT2D eigenvalue weighted by molar-refractivity contribution is 14.1. The number of hydrogen-bond acceptors (Lipinski definition) is 1. The lowest BCUT2D eigenvalue weighted by Crippen LogP contribution is -1.84. The molecule has 0 aliphatic carbocycles. The summed E-state index contributed by atoms with van der Waals surface area (Å²) < 4.78 is 3.32. The average molecular weight is 413 g/mol. The number of rotatable bonds is 0. The van der Waals surface area contributed by atoms with Crippen molar-refractivity contribution < 1.29 is 0 Å². The molecule has 0 fully saturated rings. The Balaban J connectivity index is 3.00. The van der Waals surface area contributed by atoms with Crippen LogP contribution in [-0.4, -0.2) is 4.98 Å². The minimum absolute atomic E-state index is 1.00. The van der Waals surface area contributed by atoms with Gasteiger partial charge < -0.3 is 0 Å². The Morgan fingerprint density at radius 2 is 1.85 bits per heavy atom. The van der Waals surface area contributed by atoms with Gasteiger partial charge in [0, 0.05) is 24.1 Å². The average Bonchev–Trinajstić information content (AvgIpc) is 2.12. The van der Waals surface area contributed by atoms with E-state index in [1.54, 1.807) is 6.20 Å². The van der Waals surface area contributed by atoms with Crippen LogP contribution in [0.5, 0.6) is 0 Å². The molecule has 4 heteroatoms. The molecule has 0 amide bonds. The quantitative estimate of drug-likeness (QED) is 0.586. The molecule has 0 spiro atoms. The second kappa shape index (κ2) is 3.82. The van der Waals surface area contributed by atoms with E-state index in [1.807, 2.05) is 12.1 Å². The summed E-state index contributed by atoms with van der Waals surface area (Å²) in [5, 5.41) is 1.16. The second-order valence-corrected chi connectivity index (χ2v) is 5.42. The van der Waals surface area contributed by atoms with Crippen LogP contribution in [0.3, 0.4) is 0 Å². The van der Waals surface area contributed by atoms with Gasteiger partial charge in [-0.15, -0.1) is 0 Å². The Bertz CT molecular complexity index is 462. The fourth-order valence-corrected chi connectivity index (χ4v) is 3.20. The van der Waals surface area contributed by atoms with Crippen LogP contribution >= 0.6 is 54.5 Å². The van der Waals surface area contributed by atoms with Crippen LogP contribution in [0.25, 0.3) is 10.9 Å². The molecule has 66 valence electrons. The van der Waals surface area contributed by atoms with Gasteiger partial charge in [-0.05, 0) is 56.7 Å². The van der Waals surface area contributed by atoms with E-state index in [4.69, 9.17) is 0 Å². The maximum absolute atomic E-state index is 4.32. The third-order valence-corrected chi connectivity index (χ3v) is 3.94. The van der Waals surface area contributed by atoms with Crippen LogP contribution in [0.15, 0.2) is 33.3 Å². The molecular weight excluding hydrogens is 409 g/mol. The summed E-state index contributed by atoms with van der Waals surface area (Å²) in [4.78, 5) is 4.32. The van der Waals surface area contributed by atoms with Crippen molar-refractivity contribution in [3.05, 3.63) is 36.9 Å². The van der Waals surface area contributed by atoms with Crippen molar-refractivity contribution in [2.75, 3.05) is 0 Å². The first-order chi connectivity index (χ1) is 6.20. The second-order valence-electron chi connectivity index (χ2n) is 2.55. The van der Waals surface area contributed by atoms with E-state index in [-0.39, 0.29) is 0 Å². The molecule has 1 nitrogen and oxygen atoms in total. The van der Waals surface area contributed by atoms with Crippen molar-refractivity contribution in [1.29, 1.82) is 0 Å². The summed E-state index contributed by atoms with van der Waals surface area (Å²) in [6.45, 7) is 0. The molecule has 0 unspecified atom stereocenters. The molecule has 0 N–H and O–H groups in total. The number of nitrogens with zero attached hydrogens (tertiary/aromatic N) is 1. The fraction of sp³-hybridized carbons (Fsp3) is 0. The topological polar surface area (TPSA) is 12.9 Å². The van der Waals surface area contributed by atoms with E-state index >= 15 is 0 Å². The fourth-order valence-electron chi connectivity index (χ4n) is 1.16. The van der Waals surface area contributed by atoms with Crippen molar-refractivity contribution in [2.45, 2.75) is 0 Å². The smallest absolute Gasteiger partial charge is 0.0865 e. The van der Waals surface area contributed by atoms with Crippen LogP contribution in [0.4, 0.5) is 0 Å². The van der Waals surface area contributed by atoms with E-state index in [0.29, 0.717) is 0 Å². The van der Waals surface area contributed by atoms with Crippen molar-refractivity contribution in [2.24, 2.45) is 0 Å². The van der Waals surface area contributed by atoms with Gasteiger partial charge in [-0.1, -0.05) is 15.9 Å². The zero-order valence-electron chi connectivity index (χ0n) is 6.39. The maximum Gasteiger partial charge on any atom is 0.0865 e. The van der Waals surface area contributed by atoms with Crippen molar-refractivity contribution in [3.8, 4) is 0 Å².